The first kappa shape index (κ1) is 16.5. The third-order valence-corrected chi connectivity index (χ3v) is 2.67. The molecule has 0 radical (unpaired) electrons. The topological polar surface area (TPSA) is 105 Å². The minimum absolute atomic E-state index is 0.0361. The summed E-state index contributed by atoms with van der Waals surface area (Å²) in [6.45, 7) is 1.63. The molecule has 0 aliphatic carbocycles. The van der Waals surface area contributed by atoms with Crippen molar-refractivity contribution in [3.8, 4) is 5.75 Å². The maximum Gasteiger partial charge on any atom is 0.325 e. The zero-order valence-corrected chi connectivity index (χ0v) is 11.9. The van der Waals surface area contributed by atoms with Crippen molar-refractivity contribution in [1.82, 2.24) is 5.32 Å². The monoisotopic (exact) mass is 294 g/mol. The second-order valence-corrected chi connectivity index (χ2v) is 4.61. The SMILES string of the molecule is COc1ccccc1NC(=O)NC(=O)CC(C)CC(=O)O. The minimum Gasteiger partial charge on any atom is -0.495 e. The fraction of sp³-hybridized carbons (Fsp3) is 0.357. The summed E-state index contributed by atoms with van der Waals surface area (Å²) in [5.74, 6) is -1.38. The summed E-state index contributed by atoms with van der Waals surface area (Å²) in [5, 5.41) is 13.2. The number of hydrogen-bond acceptors (Lipinski definition) is 4. The van der Waals surface area contributed by atoms with Crippen LogP contribution in [0.4, 0.5) is 10.5 Å². The van der Waals surface area contributed by atoms with E-state index in [1.54, 1.807) is 31.2 Å². The fourth-order valence-corrected chi connectivity index (χ4v) is 1.77. The number of carboxylic acid groups (broad SMARTS) is 1. The number of benzene rings is 1. The van der Waals surface area contributed by atoms with Crippen LogP contribution >= 0.6 is 0 Å². The lowest BCUT2D eigenvalue weighted by Gasteiger charge is -2.11. The molecule has 1 aromatic carbocycles. The average Bonchev–Trinajstić information content (AvgIpc) is 2.37. The molecule has 114 valence electrons. The number of ether oxygens (including phenoxy) is 1. The van der Waals surface area contributed by atoms with Crippen molar-refractivity contribution in [2.75, 3.05) is 12.4 Å². The predicted octanol–water partition coefficient (Wildman–Crippen LogP) is 1.84. The number of amides is 3. The quantitative estimate of drug-likeness (QED) is 0.742. The Bertz CT molecular complexity index is 530. The molecule has 7 nitrogen and oxygen atoms in total. The van der Waals surface area contributed by atoms with Crippen molar-refractivity contribution < 1.29 is 24.2 Å². The summed E-state index contributed by atoms with van der Waals surface area (Å²) in [5.41, 5.74) is 0.434. The molecule has 0 aromatic heterocycles. The van der Waals surface area contributed by atoms with Gasteiger partial charge in [-0.2, -0.15) is 0 Å². The second-order valence-electron chi connectivity index (χ2n) is 4.61. The number of rotatable bonds is 6. The molecular weight excluding hydrogens is 276 g/mol. The molecule has 0 aliphatic rings. The molecule has 0 aliphatic heterocycles. The van der Waals surface area contributed by atoms with E-state index in [0.717, 1.165) is 0 Å². The van der Waals surface area contributed by atoms with Gasteiger partial charge in [-0.25, -0.2) is 4.79 Å². The molecule has 0 spiro atoms. The Hall–Kier alpha value is -2.57. The maximum absolute atomic E-state index is 11.7. The summed E-state index contributed by atoms with van der Waals surface area (Å²) >= 11 is 0. The third-order valence-electron chi connectivity index (χ3n) is 2.67. The second kappa shape index (κ2) is 7.88. The molecule has 0 fully saturated rings. The van der Waals surface area contributed by atoms with E-state index in [-0.39, 0.29) is 18.8 Å². The van der Waals surface area contributed by atoms with Crippen LogP contribution in [0, 0.1) is 5.92 Å². The summed E-state index contributed by atoms with van der Waals surface area (Å²) in [6.07, 6.45) is -0.160. The van der Waals surface area contributed by atoms with Crippen LogP contribution in [-0.2, 0) is 9.59 Å². The largest absolute Gasteiger partial charge is 0.495 e. The van der Waals surface area contributed by atoms with E-state index in [2.05, 4.69) is 10.6 Å². The molecule has 0 heterocycles. The Morgan fingerprint density at radius 3 is 2.52 bits per heavy atom. The van der Waals surface area contributed by atoms with E-state index < -0.39 is 17.9 Å². The van der Waals surface area contributed by atoms with Crippen LogP contribution in [0.15, 0.2) is 24.3 Å². The molecule has 0 saturated carbocycles. The Balaban J connectivity index is 2.50. The molecular formula is C14H18N2O5. The predicted molar refractivity (Wildman–Crippen MR) is 76.2 cm³/mol. The molecule has 1 aromatic rings. The van der Waals surface area contributed by atoms with E-state index in [0.29, 0.717) is 11.4 Å². The smallest absolute Gasteiger partial charge is 0.325 e. The zero-order valence-electron chi connectivity index (χ0n) is 11.9. The van der Waals surface area contributed by atoms with Crippen molar-refractivity contribution in [2.45, 2.75) is 19.8 Å². The van der Waals surface area contributed by atoms with Gasteiger partial charge < -0.3 is 15.2 Å². The van der Waals surface area contributed by atoms with Gasteiger partial charge in [0.25, 0.3) is 0 Å². The van der Waals surface area contributed by atoms with E-state index in [1.807, 2.05) is 0 Å². The van der Waals surface area contributed by atoms with Gasteiger partial charge in [-0.3, -0.25) is 14.9 Å². The highest BCUT2D eigenvalue weighted by Crippen LogP contribution is 2.22. The summed E-state index contributed by atoms with van der Waals surface area (Å²) in [6, 6.07) is 6.09. The average molecular weight is 294 g/mol. The Kier molecular flexibility index (Phi) is 6.19. The van der Waals surface area contributed by atoms with Gasteiger partial charge in [-0.1, -0.05) is 19.1 Å². The number of nitrogens with one attached hydrogen (secondary N) is 2. The van der Waals surface area contributed by atoms with Gasteiger partial charge in [0.2, 0.25) is 5.91 Å². The highest BCUT2D eigenvalue weighted by atomic mass is 16.5. The molecule has 21 heavy (non-hydrogen) atoms. The van der Waals surface area contributed by atoms with Crippen molar-refractivity contribution in [2.24, 2.45) is 5.92 Å². The molecule has 1 rings (SSSR count). The van der Waals surface area contributed by atoms with Gasteiger partial charge >= 0.3 is 12.0 Å². The molecule has 1 atom stereocenters. The first-order valence-electron chi connectivity index (χ1n) is 6.38. The van der Waals surface area contributed by atoms with Crippen LogP contribution in [0.2, 0.25) is 0 Å². The van der Waals surface area contributed by atoms with Crippen LogP contribution in [-0.4, -0.2) is 30.1 Å². The Morgan fingerprint density at radius 1 is 1.24 bits per heavy atom. The molecule has 0 bridgehead atoms. The van der Waals surface area contributed by atoms with Crippen LogP contribution in [0.5, 0.6) is 5.75 Å². The van der Waals surface area contributed by atoms with Gasteiger partial charge in [0.05, 0.1) is 12.8 Å². The first-order chi connectivity index (χ1) is 9.92. The van der Waals surface area contributed by atoms with Crippen LogP contribution < -0.4 is 15.4 Å². The number of carboxylic acids is 1. The van der Waals surface area contributed by atoms with E-state index >= 15 is 0 Å². The van der Waals surface area contributed by atoms with Gasteiger partial charge in [-0.15, -0.1) is 0 Å². The molecule has 3 N–H and O–H groups in total. The normalized spacial score (nSPS) is 11.3. The molecule has 0 saturated heterocycles. The third kappa shape index (κ3) is 5.94. The number of para-hydroxylation sites is 2. The summed E-state index contributed by atoms with van der Waals surface area (Å²) in [4.78, 5) is 33.8. The molecule has 7 heteroatoms. The standard InChI is InChI=1S/C14H18N2O5/c1-9(8-13(18)19)7-12(17)16-14(20)15-10-5-3-4-6-11(10)21-2/h3-6,9H,7-8H2,1-2H3,(H,18,19)(H2,15,16,17,20). The van der Waals surface area contributed by atoms with Gasteiger partial charge in [-0.05, 0) is 18.1 Å². The highest BCUT2D eigenvalue weighted by Gasteiger charge is 2.15. The van der Waals surface area contributed by atoms with Crippen LogP contribution in [0.1, 0.15) is 19.8 Å². The van der Waals surface area contributed by atoms with Crippen molar-refractivity contribution in [3.05, 3.63) is 24.3 Å². The summed E-state index contributed by atoms with van der Waals surface area (Å²) < 4.78 is 5.07. The first-order valence-corrected chi connectivity index (χ1v) is 6.38. The number of carbonyl (C=O) groups excluding carboxylic acids is 2. The van der Waals surface area contributed by atoms with Crippen molar-refractivity contribution in [1.29, 1.82) is 0 Å². The highest BCUT2D eigenvalue weighted by molar-refractivity contribution is 6.01. The lowest BCUT2D eigenvalue weighted by atomic mass is 10.0. The number of methoxy groups -OCH3 is 1. The Morgan fingerprint density at radius 2 is 1.90 bits per heavy atom. The lowest BCUT2D eigenvalue weighted by Crippen LogP contribution is -2.35. The number of carbonyl (C=O) groups is 3. The van der Waals surface area contributed by atoms with Gasteiger partial charge in [0.15, 0.2) is 0 Å². The van der Waals surface area contributed by atoms with Crippen LogP contribution in [0.3, 0.4) is 0 Å². The lowest BCUT2D eigenvalue weighted by molar-refractivity contribution is -0.138. The summed E-state index contributed by atoms with van der Waals surface area (Å²) in [7, 11) is 1.47. The number of aliphatic carboxylic acids is 1. The van der Waals surface area contributed by atoms with E-state index in [4.69, 9.17) is 9.84 Å². The van der Waals surface area contributed by atoms with Crippen molar-refractivity contribution in [3.63, 3.8) is 0 Å². The number of anilines is 1. The van der Waals surface area contributed by atoms with Gasteiger partial charge in [0.1, 0.15) is 5.75 Å². The van der Waals surface area contributed by atoms with E-state index in [1.165, 1.54) is 7.11 Å². The Labute approximate surface area is 122 Å². The van der Waals surface area contributed by atoms with Crippen molar-refractivity contribution >= 4 is 23.6 Å². The number of imide groups is 1. The molecule has 1 unspecified atom stereocenters. The number of hydrogen-bond donors (Lipinski definition) is 3. The van der Waals surface area contributed by atoms with Crippen LogP contribution in [0.25, 0.3) is 0 Å². The van der Waals surface area contributed by atoms with Gasteiger partial charge in [0, 0.05) is 12.8 Å². The zero-order chi connectivity index (χ0) is 15.8. The fourth-order valence-electron chi connectivity index (χ4n) is 1.77. The van der Waals surface area contributed by atoms with E-state index in [9.17, 15) is 14.4 Å². The maximum atomic E-state index is 11.7. The minimum atomic E-state index is -0.978. The number of urea groups is 1. The molecule has 3 amide bonds.